The Morgan fingerprint density at radius 1 is 0.731 bits per heavy atom. The van der Waals surface area contributed by atoms with Crippen molar-refractivity contribution in [2.75, 3.05) is 11.9 Å². The van der Waals surface area contributed by atoms with Gasteiger partial charge in [0.25, 0.3) is 0 Å². The van der Waals surface area contributed by atoms with Crippen LogP contribution in [0, 0.1) is 0 Å². The van der Waals surface area contributed by atoms with Crippen LogP contribution < -0.4 is 4.90 Å². The van der Waals surface area contributed by atoms with E-state index in [0.717, 1.165) is 6.42 Å². The second-order valence-corrected chi connectivity index (χ2v) is 6.71. The Morgan fingerprint density at radius 3 is 1.96 bits per heavy atom. The first-order valence-electron chi connectivity index (χ1n) is 9.14. The molecule has 3 aromatic rings. The van der Waals surface area contributed by atoms with Crippen LogP contribution in [-0.4, -0.2) is 7.05 Å². The van der Waals surface area contributed by atoms with Crippen molar-refractivity contribution >= 4 is 5.69 Å². The number of rotatable bonds is 4. The lowest BCUT2D eigenvalue weighted by Gasteiger charge is -2.25. The molecule has 0 aliphatic heterocycles. The van der Waals surface area contributed by atoms with E-state index in [4.69, 9.17) is 0 Å². The van der Waals surface area contributed by atoms with Gasteiger partial charge in [0.2, 0.25) is 0 Å². The molecule has 1 unspecified atom stereocenters. The van der Waals surface area contributed by atoms with Gasteiger partial charge in [-0.25, -0.2) is 0 Å². The zero-order valence-electron chi connectivity index (χ0n) is 15.0. The maximum atomic E-state index is 2.34. The Morgan fingerprint density at radius 2 is 1.35 bits per heavy atom. The molecule has 1 aliphatic carbocycles. The van der Waals surface area contributed by atoms with Gasteiger partial charge in [0.05, 0.1) is 0 Å². The van der Waals surface area contributed by atoms with Crippen molar-refractivity contribution in [3.63, 3.8) is 0 Å². The number of hydrogen-bond donors (Lipinski definition) is 0. The van der Waals surface area contributed by atoms with Crippen LogP contribution in [0.15, 0.2) is 109 Å². The minimum Gasteiger partial charge on any atom is -0.345 e. The van der Waals surface area contributed by atoms with E-state index in [9.17, 15) is 0 Å². The van der Waals surface area contributed by atoms with Crippen LogP contribution in [0.3, 0.4) is 0 Å². The first kappa shape index (κ1) is 16.4. The highest BCUT2D eigenvalue weighted by molar-refractivity contribution is 5.67. The molecular weight excluding hydrogens is 314 g/mol. The predicted octanol–water partition coefficient (Wildman–Crippen LogP) is 6.42. The average Bonchev–Trinajstić information content (AvgIpc) is 2.75. The zero-order valence-corrected chi connectivity index (χ0v) is 15.0. The molecule has 0 aromatic heterocycles. The van der Waals surface area contributed by atoms with Crippen molar-refractivity contribution in [1.29, 1.82) is 0 Å². The van der Waals surface area contributed by atoms with E-state index < -0.39 is 0 Å². The minimum absolute atomic E-state index is 0.480. The van der Waals surface area contributed by atoms with E-state index in [1.807, 2.05) is 0 Å². The summed E-state index contributed by atoms with van der Waals surface area (Å²) in [5.41, 5.74) is 6.35. The van der Waals surface area contributed by atoms with Crippen molar-refractivity contribution in [3.05, 3.63) is 114 Å². The average molecular weight is 337 g/mol. The van der Waals surface area contributed by atoms with Gasteiger partial charge in [0.15, 0.2) is 0 Å². The molecule has 26 heavy (non-hydrogen) atoms. The fourth-order valence-corrected chi connectivity index (χ4v) is 3.46. The van der Waals surface area contributed by atoms with Crippen LogP contribution in [0.25, 0.3) is 11.1 Å². The minimum atomic E-state index is 0.480. The molecule has 0 radical (unpaired) electrons. The standard InChI is InChI=1S/C25H23N/c1-26(24-16-12-22(13-17-24)20-8-4-2-5-9-20)25-18-14-23(15-19-25)21-10-6-3-7-11-21/h2-14,16-19,23H,15H2,1H3. The molecule has 1 aliphatic rings. The summed E-state index contributed by atoms with van der Waals surface area (Å²) in [5, 5.41) is 0. The quantitative estimate of drug-likeness (QED) is 0.531. The third-order valence-electron chi connectivity index (χ3n) is 5.06. The zero-order chi connectivity index (χ0) is 17.8. The van der Waals surface area contributed by atoms with Crippen molar-refractivity contribution in [2.45, 2.75) is 12.3 Å². The molecule has 1 atom stereocenters. The van der Waals surface area contributed by atoms with Crippen LogP contribution in [0.2, 0.25) is 0 Å². The smallest absolute Gasteiger partial charge is 0.0408 e. The molecule has 0 amide bonds. The summed E-state index contributed by atoms with van der Waals surface area (Å²) in [5.74, 6) is 0.480. The van der Waals surface area contributed by atoms with Crippen LogP contribution in [0.4, 0.5) is 5.69 Å². The Hall–Kier alpha value is -3.06. The topological polar surface area (TPSA) is 3.24 Å². The van der Waals surface area contributed by atoms with E-state index in [1.165, 1.54) is 28.1 Å². The van der Waals surface area contributed by atoms with Gasteiger partial charge in [-0.1, -0.05) is 84.9 Å². The van der Waals surface area contributed by atoms with Gasteiger partial charge < -0.3 is 4.90 Å². The summed E-state index contributed by atoms with van der Waals surface area (Å²) < 4.78 is 0. The van der Waals surface area contributed by atoms with Gasteiger partial charge in [0, 0.05) is 24.4 Å². The molecule has 0 saturated heterocycles. The van der Waals surface area contributed by atoms with Crippen molar-refractivity contribution in [1.82, 2.24) is 0 Å². The van der Waals surface area contributed by atoms with E-state index in [0.29, 0.717) is 5.92 Å². The molecule has 0 heterocycles. The summed E-state index contributed by atoms with van der Waals surface area (Å²) in [4.78, 5) is 2.26. The molecule has 1 heteroatoms. The predicted molar refractivity (Wildman–Crippen MR) is 111 cm³/mol. The maximum Gasteiger partial charge on any atom is 0.0408 e. The van der Waals surface area contributed by atoms with Gasteiger partial charge in [0.1, 0.15) is 0 Å². The Labute approximate surface area is 155 Å². The first-order valence-corrected chi connectivity index (χ1v) is 9.14. The third-order valence-corrected chi connectivity index (χ3v) is 5.06. The highest BCUT2D eigenvalue weighted by Crippen LogP contribution is 2.30. The molecule has 128 valence electrons. The number of benzene rings is 3. The summed E-state index contributed by atoms with van der Waals surface area (Å²) in [6, 6.07) is 30.0. The number of anilines is 1. The summed E-state index contributed by atoms with van der Waals surface area (Å²) in [6.07, 6.45) is 7.94. The summed E-state index contributed by atoms with van der Waals surface area (Å²) in [6.45, 7) is 0. The van der Waals surface area contributed by atoms with Crippen molar-refractivity contribution in [2.24, 2.45) is 0 Å². The number of hydrogen-bond acceptors (Lipinski definition) is 1. The van der Waals surface area contributed by atoms with Crippen molar-refractivity contribution in [3.8, 4) is 11.1 Å². The van der Waals surface area contributed by atoms with Crippen LogP contribution in [0.1, 0.15) is 17.9 Å². The van der Waals surface area contributed by atoms with Crippen LogP contribution >= 0.6 is 0 Å². The normalized spacial score (nSPS) is 16.2. The summed E-state index contributed by atoms with van der Waals surface area (Å²) >= 11 is 0. The van der Waals surface area contributed by atoms with E-state index in [2.05, 4.69) is 115 Å². The van der Waals surface area contributed by atoms with Crippen LogP contribution in [0.5, 0.6) is 0 Å². The lowest BCUT2D eigenvalue weighted by molar-refractivity contribution is 0.837. The number of nitrogens with zero attached hydrogens (tertiary/aromatic N) is 1. The molecule has 0 saturated carbocycles. The third kappa shape index (κ3) is 3.48. The molecule has 0 bridgehead atoms. The lowest BCUT2D eigenvalue weighted by Crippen LogP contribution is -2.17. The molecule has 4 rings (SSSR count). The van der Waals surface area contributed by atoms with Gasteiger partial charge >= 0.3 is 0 Å². The second-order valence-electron chi connectivity index (χ2n) is 6.71. The molecule has 0 N–H and O–H groups in total. The van der Waals surface area contributed by atoms with Gasteiger partial charge in [-0.3, -0.25) is 0 Å². The monoisotopic (exact) mass is 337 g/mol. The van der Waals surface area contributed by atoms with E-state index in [1.54, 1.807) is 0 Å². The van der Waals surface area contributed by atoms with Crippen molar-refractivity contribution < 1.29 is 0 Å². The van der Waals surface area contributed by atoms with Gasteiger partial charge in [-0.2, -0.15) is 0 Å². The SMILES string of the molecule is CN(C1=CCC(c2ccccc2)C=C1)c1ccc(-c2ccccc2)cc1. The molecule has 3 aromatic carbocycles. The largest absolute Gasteiger partial charge is 0.345 e. The molecule has 0 fully saturated rings. The number of likely N-dealkylation sites (N-methyl/N-ethyl adjacent to an activating group) is 1. The Balaban J connectivity index is 1.47. The Bertz CT molecular complexity index is 905. The number of allylic oxidation sites excluding steroid dienone is 3. The molecule has 1 nitrogen and oxygen atoms in total. The second kappa shape index (κ2) is 7.45. The summed E-state index contributed by atoms with van der Waals surface area (Å²) in [7, 11) is 2.14. The fraction of sp³-hybridized carbons (Fsp3) is 0.120. The highest BCUT2D eigenvalue weighted by atomic mass is 15.1. The first-order chi connectivity index (χ1) is 12.8. The molecular formula is C25H23N. The van der Waals surface area contributed by atoms with Gasteiger partial charge in [-0.05, 0) is 41.3 Å². The van der Waals surface area contributed by atoms with E-state index >= 15 is 0 Å². The fourth-order valence-electron chi connectivity index (χ4n) is 3.46. The highest BCUT2D eigenvalue weighted by Gasteiger charge is 2.13. The molecule has 0 spiro atoms. The lowest BCUT2D eigenvalue weighted by atomic mass is 9.91. The van der Waals surface area contributed by atoms with E-state index in [-0.39, 0.29) is 0 Å². The maximum absolute atomic E-state index is 2.34. The van der Waals surface area contributed by atoms with Gasteiger partial charge in [-0.15, -0.1) is 0 Å². The Kier molecular flexibility index (Phi) is 4.70. The van der Waals surface area contributed by atoms with Crippen LogP contribution in [-0.2, 0) is 0 Å².